The van der Waals surface area contributed by atoms with Crippen molar-refractivity contribution in [3.63, 3.8) is 0 Å². The number of hydrogen-bond acceptors (Lipinski definition) is 8. The van der Waals surface area contributed by atoms with Gasteiger partial charge in [0.1, 0.15) is 0 Å². The largest absolute Gasteiger partial charge is 0.467 e. The van der Waals surface area contributed by atoms with Crippen LogP contribution in [0, 0.1) is 0 Å². The van der Waals surface area contributed by atoms with E-state index >= 15 is 0 Å². The van der Waals surface area contributed by atoms with Gasteiger partial charge >= 0.3 is 6.01 Å². The smallest absolute Gasteiger partial charge is 0.316 e. The summed E-state index contributed by atoms with van der Waals surface area (Å²) in [6, 6.07) is 4.89. The Bertz CT molecular complexity index is 684. The zero-order chi connectivity index (χ0) is 17.1. The van der Waals surface area contributed by atoms with Crippen LogP contribution in [0.15, 0.2) is 30.7 Å². The van der Waals surface area contributed by atoms with Gasteiger partial charge < -0.3 is 9.64 Å². The molecule has 2 aliphatic rings. The zero-order valence-corrected chi connectivity index (χ0v) is 14.5. The van der Waals surface area contributed by atoms with E-state index in [1.54, 1.807) is 25.7 Å². The Morgan fingerprint density at radius 2 is 1.80 bits per heavy atom. The first-order valence-electron chi connectivity index (χ1n) is 8.66. The van der Waals surface area contributed by atoms with E-state index < -0.39 is 0 Å². The van der Waals surface area contributed by atoms with Crippen molar-refractivity contribution in [1.82, 2.24) is 29.7 Å². The molecule has 0 amide bonds. The lowest BCUT2D eigenvalue weighted by Gasteiger charge is -2.48. The standard InChI is InChI=1S/C17H23N7O/c1-25-17-20-6-3-14(21-17)11-22-12-15(13-22)23-7-9-24(10-8-23)16-18-4-2-5-19-16/h2-6,15H,7-13H2,1H3. The van der Waals surface area contributed by atoms with Gasteiger partial charge in [0.05, 0.1) is 12.8 Å². The van der Waals surface area contributed by atoms with Gasteiger partial charge in [-0.3, -0.25) is 9.80 Å². The van der Waals surface area contributed by atoms with E-state index in [0.29, 0.717) is 12.1 Å². The lowest BCUT2D eigenvalue weighted by Crippen LogP contribution is -2.62. The molecular weight excluding hydrogens is 318 g/mol. The van der Waals surface area contributed by atoms with Crippen molar-refractivity contribution in [2.45, 2.75) is 12.6 Å². The molecule has 0 aromatic carbocycles. The molecular formula is C17H23N7O. The van der Waals surface area contributed by atoms with Gasteiger partial charge in [0, 0.05) is 70.4 Å². The van der Waals surface area contributed by atoms with Crippen LogP contribution in [0.3, 0.4) is 0 Å². The van der Waals surface area contributed by atoms with Crippen LogP contribution in [0.1, 0.15) is 5.69 Å². The first kappa shape index (κ1) is 16.2. The molecule has 0 bridgehead atoms. The molecule has 4 heterocycles. The van der Waals surface area contributed by atoms with Crippen LogP contribution in [0.2, 0.25) is 0 Å². The van der Waals surface area contributed by atoms with Gasteiger partial charge in [-0.05, 0) is 12.1 Å². The molecule has 0 N–H and O–H groups in total. The van der Waals surface area contributed by atoms with Crippen molar-refractivity contribution in [2.24, 2.45) is 0 Å². The maximum atomic E-state index is 5.09. The number of methoxy groups -OCH3 is 1. The predicted octanol–water partition coefficient (Wildman–Crippen LogP) is 0.282. The average molecular weight is 341 g/mol. The predicted molar refractivity (Wildman–Crippen MR) is 93.5 cm³/mol. The Morgan fingerprint density at radius 1 is 1.04 bits per heavy atom. The summed E-state index contributed by atoms with van der Waals surface area (Å²) >= 11 is 0. The Balaban J connectivity index is 1.23. The first-order chi connectivity index (χ1) is 12.3. The maximum Gasteiger partial charge on any atom is 0.316 e. The molecule has 132 valence electrons. The second-order valence-corrected chi connectivity index (χ2v) is 6.45. The van der Waals surface area contributed by atoms with Gasteiger partial charge in [-0.2, -0.15) is 4.98 Å². The number of nitrogens with zero attached hydrogens (tertiary/aromatic N) is 7. The van der Waals surface area contributed by atoms with Crippen LogP contribution < -0.4 is 9.64 Å². The first-order valence-corrected chi connectivity index (χ1v) is 8.66. The minimum Gasteiger partial charge on any atom is -0.467 e. The van der Waals surface area contributed by atoms with Gasteiger partial charge in [0.25, 0.3) is 0 Å². The molecule has 0 atom stereocenters. The summed E-state index contributed by atoms with van der Waals surface area (Å²) in [6.45, 7) is 7.15. The minimum atomic E-state index is 0.439. The fourth-order valence-corrected chi connectivity index (χ4v) is 3.44. The summed E-state index contributed by atoms with van der Waals surface area (Å²) < 4.78 is 5.09. The molecule has 2 fully saturated rings. The monoisotopic (exact) mass is 341 g/mol. The van der Waals surface area contributed by atoms with E-state index in [-0.39, 0.29) is 0 Å². The molecule has 8 nitrogen and oxygen atoms in total. The molecule has 8 heteroatoms. The minimum absolute atomic E-state index is 0.439. The van der Waals surface area contributed by atoms with Crippen LogP contribution in [0.5, 0.6) is 6.01 Å². The third kappa shape index (κ3) is 3.69. The lowest BCUT2D eigenvalue weighted by atomic mass is 10.1. The van der Waals surface area contributed by atoms with Crippen LogP contribution in [0.25, 0.3) is 0 Å². The average Bonchev–Trinajstić information content (AvgIpc) is 2.65. The highest BCUT2D eigenvalue weighted by molar-refractivity contribution is 5.29. The Hall–Kier alpha value is -2.32. The number of anilines is 1. The molecule has 0 aliphatic carbocycles. The summed E-state index contributed by atoms with van der Waals surface area (Å²) in [6.07, 6.45) is 5.37. The van der Waals surface area contributed by atoms with Gasteiger partial charge in [0.2, 0.25) is 5.95 Å². The van der Waals surface area contributed by atoms with Crippen molar-refractivity contribution < 1.29 is 4.74 Å². The van der Waals surface area contributed by atoms with Crippen LogP contribution in [-0.2, 0) is 6.54 Å². The van der Waals surface area contributed by atoms with E-state index in [1.807, 2.05) is 12.1 Å². The van der Waals surface area contributed by atoms with Crippen LogP contribution in [0.4, 0.5) is 5.95 Å². The summed E-state index contributed by atoms with van der Waals surface area (Å²) in [5, 5.41) is 0. The molecule has 4 rings (SSSR count). The second kappa shape index (κ2) is 7.28. The van der Waals surface area contributed by atoms with Gasteiger partial charge in [0.15, 0.2) is 0 Å². The van der Waals surface area contributed by atoms with Gasteiger partial charge in [-0.15, -0.1) is 0 Å². The highest BCUT2D eigenvalue weighted by Crippen LogP contribution is 2.20. The maximum absolute atomic E-state index is 5.09. The quantitative estimate of drug-likeness (QED) is 0.768. The van der Waals surface area contributed by atoms with E-state index in [0.717, 1.165) is 57.5 Å². The van der Waals surface area contributed by atoms with Crippen LogP contribution >= 0.6 is 0 Å². The van der Waals surface area contributed by atoms with E-state index in [1.165, 1.54) is 0 Å². The number of aromatic nitrogens is 4. The molecule has 25 heavy (non-hydrogen) atoms. The Morgan fingerprint density at radius 3 is 2.52 bits per heavy atom. The summed E-state index contributed by atoms with van der Waals surface area (Å²) in [7, 11) is 1.60. The Labute approximate surface area is 147 Å². The van der Waals surface area contributed by atoms with E-state index in [4.69, 9.17) is 4.74 Å². The number of hydrogen-bond donors (Lipinski definition) is 0. The fraction of sp³-hybridized carbons (Fsp3) is 0.529. The van der Waals surface area contributed by atoms with Gasteiger partial charge in [-0.1, -0.05) is 0 Å². The summed E-state index contributed by atoms with van der Waals surface area (Å²) in [5.74, 6) is 0.843. The fourth-order valence-electron chi connectivity index (χ4n) is 3.44. The molecule has 2 saturated heterocycles. The molecule has 0 unspecified atom stereocenters. The molecule has 0 saturated carbocycles. The molecule has 2 aromatic heterocycles. The highest BCUT2D eigenvalue weighted by Gasteiger charge is 2.33. The molecule has 0 radical (unpaired) electrons. The van der Waals surface area contributed by atoms with Crippen molar-refractivity contribution in [3.8, 4) is 6.01 Å². The molecule has 2 aliphatic heterocycles. The third-order valence-electron chi connectivity index (χ3n) is 4.86. The van der Waals surface area contributed by atoms with E-state index in [2.05, 4.69) is 34.6 Å². The number of rotatable bonds is 5. The number of likely N-dealkylation sites (tertiary alicyclic amines) is 1. The topological polar surface area (TPSA) is 70.5 Å². The SMILES string of the molecule is COc1nccc(CN2CC(N3CCN(c4ncccn4)CC3)C2)n1. The highest BCUT2D eigenvalue weighted by atomic mass is 16.5. The second-order valence-electron chi connectivity index (χ2n) is 6.45. The van der Waals surface area contributed by atoms with E-state index in [9.17, 15) is 0 Å². The molecule has 2 aromatic rings. The molecule has 0 spiro atoms. The van der Waals surface area contributed by atoms with Crippen LogP contribution in [-0.4, -0.2) is 82.2 Å². The number of piperazine rings is 1. The zero-order valence-electron chi connectivity index (χ0n) is 14.5. The lowest BCUT2D eigenvalue weighted by molar-refractivity contribution is 0.0246. The summed E-state index contributed by atoms with van der Waals surface area (Å²) in [5.41, 5.74) is 1.01. The van der Waals surface area contributed by atoms with Crippen molar-refractivity contribution in [2.75, 3.05) is 51.3 Å². The normalized spacial score (nSPS) is 19.6. The van der Waals surface area contributed by atoms with Crippen molar-refractivity contribution >= 4 is 5.95 Å². The summed E-state index contributed by atoms with van der Waals surface area (Å²) in [4.78, 5) is 24.4. The Kier molecular flexibility index (Phi) is 4.71. The third-order valence-corrected chi connectivity index (χ3v) is 4.86. The number of ether oxygens (including phenoxy) is 1. The van der Waals surface area contributed by atoms with Crippen molar-refractivity contribution in [3.05, 3.63) is 36.4 Å². The van der Waals surface area contributed by atoms with Crippen molar-refractivity contribution in [1.29, 1.82) is 0 Å². The van der Waals surface area contributed by atoms with Gasteiger partial charge in [-0.25, -0.2) is 15.0 Å².